The van der Waals surface area contributed by atoms with Crippen molar-refractivity contribution >= 4 is 23.5 Å². The highest BCUT2D eigenvalue weighted by molar-refractivity contribution is 7.98. The van der Waals surface area contributed by atoms with Gasteiger partial charge in [0.1, 0.15) is 11.6 Å². The average molecular weight is 394 g/mol. The van der Waals surface area contributed by atoms with Gasteiger partial charge in [0.2, 0.25) is 5.91 Å². The number of benzene rings is 2. The van der Waals surface area contributed by atoms with Crippen molar-refractivity contribution in [2.45, 2.75) is 31.8 Å². The largest absolute Gasteiger partial charge is 0.494 e. The molecule has 2 aromatic carbocycles. The molecule has 4 rings (SSSR count). The Bertz CT molecular complexity index is 978. The van der Waals surface area contributed by atoms with Crippen LogP contribution < -0.4 is 10.1 Å². The van der Waals surface area contributed by atoms with E-state index >= 15 is 0 Å². The minimum absolute atomic E-state index is 0.0443. The van der Waals surface area contributed by atoms with E-state index in [0.29, 0.717) is 13.0 Å². The first kappa shape index (κ1) is 18.6. The Morgan fingerprint density at radius 1 is 1.14 bits per heavy atom. The van der Waals surface area contributed by atoms with Crippen LogP contribution in [-0.4, -0.2) is 22.3 Å². The van der Waals surface area contributed by atoms with Crippen LogP contribution >= 0.6 is 11.8 Å². The third kappa shape index (κ3) is 3.92. The van der Waals surface area contributed by atoms with Gasteiger partial charge in [0.25, 0.3) is 0 Å². The molecule has 1 aromatic heterocycles. The molecule has 0 fully saturated rings. The summed E-state index contributed by atoms with van der Waals surface area (Å²) in [4.78, 5) is 12.7. The average Bonchev–Trinajstić information content (AvgIpc) is 3.27. The fraction of sp³-hybridized carbons (Fsp3) is 0.273. The molecule has 0 radical (unpaired) electrons. The molecule has 0 unspecified atom stereocenters. The van der Waals surface area contributed by atoms with Gasteiger partial charge in [0.15, 0.2) is 0 Å². The van der Waals surface area contributed by atoms with Crippen LogP contribution in [0.25, 0.3) is 5.69 Å². The summed E-state index contributed by atoms with van der Waals surface area (Å²) in [6.45, 7) is 4.64. The maximum Gasteiger partial charge on any atom is 0.229 e. The molecular weight excluding hydrogens is 370 g/mol. The first-order valence-corrected chi connectivity index (χ1v) is 10.6. The highest BCUT2D eigenvalue weighted by Gasteiger charge is 2.24. The molecule has 0 saturated heterocycles. The quantitative estimate of drug-likeness (QED) is 0.670. The zero-order chi connectivity index (χ0) is 19.5. The third-order valence-corrected chi connectivity index (χ3v) is 5.66. The SMILES string of the molecule is CCOc1ccc(CC(=O)Nc2c3c(nn2-c2ccc(C)cc2)CSC3)cc1. The number of thioether (sulfide) groups is 1. The van der Waals surface area contributed by atoms with Gasteiger partial charge in [-0.1, -0.05) is 29.8 Å². The van der Waals surface area contributed by atoms with Gasteiger partial charge < -0.3 is 10.1 Å². The number of anilines is 1. The van der Waals surface area contributed by atoms with Crippen molar-refractivity contribution in [3.63, 3.8) is 0 Å². The van der Waals surface area contributed by atoms with E-state index in [2.05, 4.69) is 24.4 Å². The Balaban J connectivity index is 1.55. The summed E-state index contributed by atoms with van der Waals surface area (Å²) in [6, 6.07) is 15.8. The summed E-state index contributed by atoms with van der Waals surface area (Å²) >= 11 is 1.83. The molecule has 1 aliphatic rings. The minimum atomic E-state index is -0.0443. The second-order valence-corrected chi connectivity index (χ2v) is 7.80. The second kappa shape index (κ2) is 8.10. The molecule has 28 heavy (non-hydrogen) atoms. The lowest BCUT2D eigenvalue weighted by Crippen LogP contribution is -2.18. The van der Waals surface area contributed by atoms with Gasteiger partial charge in [-0.25, -0.2) is 4.68 Å². The van der Waals surface area contributed by atoms with E-state index in [9.17, 15) is 4.79 Å². The number of amides is 1. The van der Waals surface area contributed by atoms with Crippen LogP contribution in [0.3, 0.4) is 0 Å². The number of hydrogen-bond acceptors (Lipinski definition) is 4. The number of ether oxygens (including phenoxy) is 1. The van der Waals surface area contributed by atoms with Crippen LogP contribution in [0.5, 0.6) is 5.75 Å². The Morgan fingerprint density at radius 2 is 1.89 bits per heavy atom. The molecule has 6 heteroatoms. The molecule has 0 spiro atoms. The predicted octanol–water partition coefficient (Wildman–Crippen LogP) is 4.51. The van der Waals surface area contributed by atoms with E-state index in [1.54, 1.807) is 0 Å². The van der Waals surface area contributed by atoms with E-state index in [4.69, 9.17) is 9.84 Å². The van der Waals surface area contributed by atoms with Crippen molar-refractivity contribution < 1.29 is 9.53 Å². The van der Waals surface area contributed by atoms with E-state index in [1.165, 1.54) is 5.56 Å². The number of aromatic nitrogens is 2. The van der Waals surface area contributed by atoms with Gasteiger partial charge in [0, 0.05) is 17.1 Å². The molecule has 144 valence electrons. The standard InChI is InChI=1S/C22H23N3O2S/c1-3-27-18-10-6-16(7-11-18)12-21(26)23-22-19-13-28-14-20(19)24-25(22)17-8-4-15(2)5-9-17/h4-11H,3,12-14H2,1-2H3,(H,23,26). The molecule has 2 heterocycles. The molecule has 0 saturated carbocycles. The van der Waals surface area contributed by atoms with Crippen molar-refractivity contribution in [3.05, 3.63) is 70.9 Å². The lowest BCUT2D eigenvalue weighted by Gasteiger charge is -2.11. The number of fused-ring (bicyclic) bond motifs is 1. The van der Waals surface area contributed by atoms with Crippen molar-refractivity contribution in [2.75, 3.05) is 11.9 Å². The molecule has 1 N–H and O–H groups in total. The van der Waals surface area contributed by atoms with Gasteiger partial charge >= 0.3 is 0 Å². The fourth-order valence-corrected chi connectivity index (χ4v) is 4.28. The molecule has 5 nitrogen and oxygen atoms in total. The molecular formula is C22H23N3O2S. The number of rotatable bonds is 6. The Hall–Kier alpha value is -2.73. The summed E-state index contributed by atoms with van der Waals surface area (Å²) in [7, 11) is 0. The van der Waals surface area contributed by atoms with E-state index in [1.807, 2.05) is 59.8 Å². The zero-order valence-electron chi connectivity index (χ0n) is 16.1. The molecule has 0 atom stereocenters. The van der Waals surface area contributed by atoms with Crippen LogP contribution in [0.2, 0.25) is 0 Å². The highest BCUT2D eigenvalue weighted by atomic mass is 32.2. The Kier molecular flexibility index (Phi) is 5.39. The normalized spacial score (nSPS) is 12.6. The van der Waals surface area contributed by atoms with Gasteiger partial charge in [-0.2, -0.15) is 16.9 Å². The Labute approximate surface area is 169 Å². The first-order valence-electron chi connectivity index (χ1n) is 9.41. The van der Waals surface area contributed by atoms with Crippen LogP contribution in [0.4, 0.5) is 5.82 Å². The van der Waals surface area contributed by atoms with Crippen LogP contribution in [0.1, 0.15) is 29.3 Å². The monoisotopic (exact) mass is 393 g/mol. The van der Waals surface area contributed by atoms with Crippen LogP contribution in [0.15, 0.2) is 48.5 Å². The molecule has 0 aliphatic carbocycles. The summed E-state index contributed by atoms with van der Waals surface area (Å²) in [5, 5.41) is 7.86. The van der Waals surface area contributed by atoms with Crippen molar-refractivity contribution in [1.82, 2.24) is 9.78 Å². The van der Waals surface area contributed by atoms with Crippen LogP contribution in [-0.2, 0) is 22.7 Å². The molecule has 3 aromatic rings. The van der Waals surface area contributed by atoms with Gasteiger partial charge in [-0.05, 0) is 43.7 Å². The molecule has 1 amide bonds. The summed E-state index contributed by atoms with van der Waals surface area (Å²) < 4.78 is 7.32. The summed E-state index contributed by atoms with van der Waals surface area (Å²) in [5.41, 5.74) is 5.29. The van der Waals surface area contributed by atoms with E-state index in [0.717, 1.165) is 45.6 Å². The lowest BCUT2D eigenvalue weighted by molar-refractivity contribution is -0.115. The molecule has 1 aliphatic heterocycles. The zero-order valence-corrected chi connectivity index (χ0v) is 16.9. The number of carbonyl (C=O) groups excluding carboxylic acids is 1. The number of hydrogen-bond donors (Lipinski definition) is 1. The van der Waals surface area contributed by atoms with Gasteiger partial charge in [0.05, 0.1) is 24.4 Å². The van der Waals surface area contributed by atoms with Gasteiger partial charge in [-0.15, -0.1) is 0 Å². The fourth-order valence-electron chi connectivity index (χ4n) is 3.25. The Morgan fingerprint density at radius 3 is 2.61 bits per heavy atom. The van der Waals surface area contributed by atoms with Gasteiger partial charge in [-0.3, -0.25) is 4.79 Å². The van der Waals surface area contributed by atoms with E-state index < -0.39 is 0 Å². The number of nitrogens with one attached hydrogen (secondary N) is 1. The topological polar surface area (TPSA) is 56.1 Å². The number of carbonyl (C=O) groups is 1. The predicted molar refractivity (Wildman–Crippen MR) is 113 cm³/mol. The maximum absolute atomic E-state index is 12.7. The first-order chi connectivity index (χ1) is 13.6. The smallest absolute Gasteiger partial charge is 0.229 e. The van der Waals surface area contributed by atoms with Crippen molar-refractivity contribution in [1.29, 1.82) is 0 Å². The number of aryl methyl sites for hydroxylation is 1. The lowest BCUT2D eigenvalue weighted by atomic mass is 10.1. The van der Waals surface area contributed by atoms with Crippen molar-refractivity contribution in [2.24, 2.45) is 0 Å². The highest BCUT2D eigenvalue weighted by Crippen LogP contribution is 2.36. The van der Waals surface area contributed by atoms with Crippen LogP contribution in [0, 0.1) is 6.92 Å². The maximum atomic E-state index is 12.7. The molecule has 0 bridgehead atoms. The minimum Gasteiger partial charge on any atom is -0.494 e. The summed E-state index contributed by atoms with van der Waals surface area (Å²) in [6.07, 6.45) is 0.313. The van der Waals surface area contributed by atoms with E-state index in [-0.39, 0.29) is 5.91 Å². The third-order valence-electron chi connectivity index (χ3n) is 4.69. The van der Waals surface area contributed by atoms with Crippen molar-refractivity contribution in [3.8, 4) is 11.4 Å². The summed E-state index contributed by atoms with van der Waals surface area (Å²) in [5.74, 6) is 3.33. The second-order valence-electron chi connectivity index (χ2n) is 6.82. The number of nitrogens with zero attached hydrogens (tertiary/aromatic N) is 2.